The van der Waals surface area contributed by atoms with E-state index in [1.807, 2.05) is 30.3 Å². The summed E-state index contributed by atoms with van der Waals surface area (Å²) in [5, 5.41) is 12.8. The van der Waals surface area contributed by atoms with E-state index >= 15 is 0 Å². The molecule has 136 valence electrons. The predicted molar refractivity (Wildman–Crippen MR) is 102 cm³/mol. The van der Waals surface area contributed by atoms with Crippen LogP contribution in [0.25, 0.3) is 0 Å². The van der Waals surface area contributed by atoms with E-state index in [0.717, 1.165) is 19.4 Å². The Morgan fingerprint density at radius 1 is 1.23 bits per heavy atom. The zero-order valence-electron chi connectivity index (χ0n) is 15.4. The van der Waals surface area contributed by atoms with Gasteiger partial charge in [-0.15, -0.1) is 0 Å². The third kappa shape index (κ3) is 3.10. The highest BCUT2D eigenvalue weighted by Crippen LogP contribution is 2.53. The quantitative estimate of drug-likeness (QED) is 0.891. The maximum atomic E-state index is 12.7. The van der Waals surface area contributed by atoms with Crippen LogP contribution in [0.4, 0.5) is 0 Å². The lowest BCUT2D eigenvalue weighted by molar-refractivity contribution is -0.123. The summed E-state index contributed by atoms with van der Waals surface area (Å²) < 4.78 is 0. The van der Waals surface area contributed by atoms with Gasteiger partial charge in [-0.3, -0.25) is 9.69 Å². The van der Waals surface area contributed by atoms with Crippen LogP contribution >= 0.6 is 0 Å². The average Bonchev–Trinajstić information content (AvgIpc) is 3.34. The van der Waals surface area contributed by atoms with Gasteiger partial charge in [0, 0.05) is 30.5 Å². The number of rotatable bonds is 4. The molecule has 2 aromatic carbocycles. The summed E-state index contributed by atoms with van der Waals surface area (Å²) in [4.78, 5) is 14.9. The molecule has 0 radical (unpaired) electrons. The molecule has 1 aliphatic heterocycles. The molecule has 0 bridgehead atoms. The fourth-order valence-electron chi connectivity index (χ4n) is 4.22. The summed E-state index contributed by atoms with van der Waals surface area (Å²) in [5.74, 6) is 0.558. The molecule has 2 aromatic rings. The number of carbonyl (C=O) groups excluding carboxylic acids is 1. The first-order chi connectivity index (χ1) is 12.5. The number of phenols is 1. The zero-order valence-corrected chi connectivity index (χ0v) is 15.4. The number of aromatic hydroxyl groups is 1. The highest BCUT2D eigenvalue weighted by atomic mass is 16.3. The third-order valence-electron chi connectivity index (χ3n) is 6.19. The van der Waals surface area contributed by atoms with Crippen LogP contribution < -0.4 is 5.32 Å². The van der Waals surface area contributed by atoms with E-state index in [2.05, 4.69) is 36.3 Å². The van der Waals surface area contributed by atoms with E-state index in [0.29, 0.717) is 12.3 Å². The molecule has 1 fully saturated rings. The Morgan fingerprint density at radius 2 is 2.00 bits per heavy atom. The van der Waals surface area contributed by atoms with E-state index in [4.69, 9.17) is 0 Å². The summed E-state index contributed by atoms with van der Waals surface area (Å²) in [6, 6.07) is 16.2. The molecule has 0 unspecified atom stereocenters. The van der Waals surface area contributed by atoms with Crippen LogP contribution in [0.15, 0.2) is 48.5 Å². The molecule has 1 saturated carbocycles. The van der Waals surface area contributed by atoms with Gasteiger partial charge in [-0.2, -0.15) is 0 Å². The highest BCUT2D eigenvalue weighted by Gasteiger charge is 2.55. The van der Waals surface area contributed by atoms with Crippen molar-refractivity contribution >= 4 is 5.91 Å². The second-order valence-corrected chi connectivity index (χ2v) is 8.01. The first-order valence-corrected chi connectivity index (χ1v) is 9.31. The summed E-state index contributed by atoms with van der Waals surface area (Å²) in [6.45, 7) is 3.65. The standard InChI is InChI=1S/C22H26N2O2/c1-22(17-6-4-3-5-7-17)12-20(22)21(26)23-13-18-10-15-8-9-19(25)11-16(15)14-24(18)2/h3-9,11,18,20,25H,10,12-14H2,1-2H3,(H,23,26)/t18-,20-,22-/m0/s1. The average molecular weight is 350 g/mol. The first-order valence-electron chi connectivity index (χ1n) is 9.31. The van der Waals surface area contributed by atoms with Gasteiger partial charge in [0.2, 0.25) is 5.91 Å². The normalized spacial score (nSPS) is 27.6. The smallest absolute Gasteiger partial charge is 0.224 e. The minimum Gasteiger partial charge on any atom is -0.508 e. The highest BCUT2D eigenvalue weighted by molar-refractivity contribution is 5.84. The molecule has 0 spiro atoms. The van der Waals surface area contributed by atoms with E-state index in [9.17, 15) is 9.90 Å². The third-order valence-corrected chi connectivity index (χ3v) is 6.19. The lowest BCUT2D eigenvalue weighted by Crippen LogP contribution is -2.46. The Bertz CT molecular complexity index is 820. The number of fused-ring (bicyclic) bond motifs is 1. The number of hydrogen-bond acceptors (Lipinski definition) is 3. The van der Waals surface area contributed by atoms with Crippen molar-refractivity contribution in [3.8, 4) is 5.75 Å². The van der Waals surface area contributed by atoms with Gasteiger partial charge < -0.3 is 10.4 Å². The monoisotopic (exact) mass is 350 g/mol. The Hall–Kier alpha value is -2.33. The lowest BCUT2D eigenvalue weighted by Gasteiger charge is -2.34. The van der Waals surface area contributed by atoms with Crippen molar-refractivity contribution in [1.29, 1.82) is 0 Å². The number of phenolic OH excluding ortho intramolecular Hbond substituents is 1. The van der Waals surface area contributed by atoms with Crippen LogP contribution in [0.1, 0.15) is 30.0 Å². The molecule has 2 aliphatic rings. The maximum Gasteiger partial charge on any atom is 0.224 e. The van der Waals surface area contributed by atoms with Crippen molar-refractivity contribution in [1.82, 2.24) is 10.2 Å². The minimum absolute atomic E-state index is 0.0199. The number of nitrogens with one attached hydrogen (secondary N) is 1. The summed E-state index contributed by atoms with van der Waals surface area (Å²) in [7, 11) is 2.08. The summed E-state index contributed by atoms with van der Waals surface area (Å²) in [5.41, 5.74) is 3.67. The van der Waals surface area contributed by atoms with Crippen molar-refractivity contribution < 1.29 is 9.90 Å². The Labute approximate surface area is 154 Å². The van der Waals surface area contributed by atoms with Gasteiger partial charge in [0.25, 0.3) is 0 Å². The van der Waals surface area contributed by atoms with Gasteiger partial charge in [0.05, 0.1) is 0 Å². The second kappa shape index (κ2) is 6.44. The summed E-state index contributed by atoms with van der Waals surface area (Å²) in [6.07, 6.45) is 1.82. The Morgan fingerprint density at radius 3 is 2.77 bits per heavy atom. The lowest BCUT2D eigenvalue weighted by atomic mass is 9.93. The molecule has 1 amide bonds. The summed E-state index contributed by atoms with van der Waals surface area (Å²) >= 11 is 0. The minimum atomic E-state index is -0.0199. The van der Waals surface area contributed by atoms with Crippen LogP contribution in [-0.2, 0) is 23.2 Å². The molecule has 4 heteroatoms. The van der Waals surface area contributed by atoms with Crippen molar-refractivity contribution in [2.45, 2.75) is 37.8 Å². The Balaban J connectivity index is 1.36. The van der Waals surface area contributed by atoms with Crippen molar-refractivity contribution in [3.05, 3.63) is 65.2 Å². The molecule has 4 nitrogen and oxygen atoms in total. The van der Waals surface area contributed by atoms with E-state index in [1.54, 1.807) is 6.07 Å². The molecule has 2 N–H and O–H groups in total. The van der Waals surface area contributed by atoms with Gasteiger partial charge >= 0.3 is 0 Å². The number of amides is 1. The number of likely N-dealkylation sites (N-methyl/N-ethyl adjacent to an activating group) is 1. The molecule has 1 heterocycles. The van der Waals surface area contributed by atoms with Crippen LogP contribution in [0.2, 0.25) is 0 Å². The molecular formula is C22H26N2O2. The first kappa shape index (κ1) is 17.1. The van der Waals surface area contributed by atoms with Gasteiger partial charge in [-0.1, -0.05) is 43.3 Å². The molecule has 3 atom stereocenters. The predicted octanol–water partition coefficient (Wildman–Crippen LogP) is 2.84. The molecule has 0 aromatic heterocycles. The van der Waals surface area contributed by atoms with Crippen molar-refractivity contribution in [2.75, 3.05) is 13.6 Å². The number of nitrogens with zero attached hydrogens (tertiary/aromatic N) is 1. The maximum absolute atomic E-state index is 12.7. The van der Waals surface area contributed by atoms with E-state index < -0.39 is 0 Å². The number of benzene rings is 2. The molecule has 0 saturated heterocycles. The van der Waals surface area contributed by atoms with Gasteiger partial charge in [-0.05, 0) is 48.7 Å². The van der Waals surface area contributed by atoms with Crippen LogP contribution in [-0.4, -0.2) is 35.5 Å². The van der Waals surface area contributed by atoms with Gasteiger partial charge in [0.1, 0.15) is 5.75 Å². The van der Waals surface area contributed by atoms with Crippen LogP contribution in [0.5, 0.6) is 5.75 Å². The van der Waals surface area contributed by atoms with Crippen LogP contribution in [0.3, 0.4) is 0 Å². The largest absolute Gasteiger partial charge is 0.508 e. The second-order valence-electron chi connectivity index (χ2n) is 8.01. The molecule has 4 rings (SSSR count). The van der Waals surface area contributed by atoms with E-state index in [-0.39, 0.29) is 23.3 Å². The molecule has 26 heavy (non-hydrogen) atoms. The number of carbonyl (C=O) groups is 1. The van der Waals surface area contributed by atoms with Crippen molar-refractivity contribution in [3.63, 3.8) is 0 Å². The zero-order chi connectivity index (χ0) is 18.3. The fraction of sp³-hybridized carbons (Fsp3) is 0.409. The Kier molecular flexibility index (Phi) is 4.23. The van der Waals surface area contributed by atoms with Crippen LogP contribution in [0, 0.1) is 5.92 Å². The fourth-order valence-corrected chi connectivity index (χ4v) is 4.22. The number of hydrogen-bond donors (Lipinski definition) is 2. The van der Waals surface area contributed by atoms with E-state index in [1.165, 1.54) is 16.7 Å². The van der Waals surface area contributed by atoms with Crippen molar-refractivity contribution in [2.24, 2.45) is 5.92 Å². The van der Waals surface area contributed by atoms with Gasteiger partial charge in [-0.25, -0.2) is 0 Å². The van der Waals surface area contributed by atoms with Gasteiger partial charge in [0.15, 0.2) is 0 Å². The molecule has 1 aliphatic carbocycles. The SMILES string of the molecule is CN1Cc2cc(O)ccc2C[C@H]1CNC(=O)[C@@H]1C[C@@]1(C)c1ccccc1. The molecular weight excluding hydrogens is 324 g/mol. The topological polar surface area (TPSA) is 52.6 Å².